The first-order chi connectivity index (χ1) is 11.7. The van der Waals surface area contributed by atoms with Crippen LogP contribution in [0.3, 0.4) is 0 Å². The van der Waals surface area contributed by atoms with Crippen LogP contribution in [0.1, 0.15) is 38.5 Å². The molecule has 2 fully saturated rings. The van der Waals surface area contributed by atoms with Crippen molar-refractivity contribution in [3.8, 4) is 0 Å². The Labute approximate surface area is 144 Å². The molecule has 1 aliphatic heterocycles. The van der Waals surface area contributed by atoms with Crippen LogP contribution < -0.4 is 10.6 Å². The number of aromatic nitrogens is 1. The lowest BCUT2D eigenvalue weighted by Crippen LogP contribution is -2.53. The van der Waals surface area contributed by atoms with Gasteiger partial charge in [-0.1, -0.05) is 6.42 Å². The fourth-order valence-electron chi connectivity index (χ4n) is 3.08. The van der Waals surface area contributed by atoms with E-state index in [-0.39, 0.29) is 42.9 Å². The summed E-state index contributed by atoms with van der Waals surface area (Å²) in [4.78, 5) is 28.1. The Kier molecular flexibility index (Phi) is 5.80. The van der Waals surface area contributed by atoms with Crippen LogP contribution in [-0.4, -0.2) is 46.8 Å². The largest absolute Gasteiger partial charge is 0.394 e. The van der Waals surface area contributed by atoms with E-state index in [4.69, 9.17) is 4.74 Å². The lowest BCUT2D eigenvalue weighted by Gasteiger charge is -2.37. The number of hydrogen-bond acceptors (Lipinski definition) is 6. The average molecular weight is 353 g/mol. The van der Waals surface area contributed by atoms with Gasteiger partial charge in [0.15, 0.2) is 5.13 Å². The van der Waals surface area contributed by atoms with Gasteiger partial charge in [0.05, 0.1) is 25.2 Å². The summed E-state index contributed by atoms with van der Waals surface area (Å²) in [6.07, 6.45) is 5.54. The highest BCUT2D eigenvalue weighted by atomic mass is 32.1. The third-order valence-electron chi connectivity index (χ3n) is 4.69. The lowest BCUT2D eigenvalue weighted by atomic mass is 9.84. The molecule has 1 saturated carbocycles. The molecular formula is C16H23N3O4S. The Morgan fingerprint density at radius 1 is 1.33 bits per heavy atom. The molecule has 3 atom stereocenters. The SMILES string of the molecule is O=C(C[C@@H]1CC[C@H](NC(=O)C2CCC2)[C@H](CO)O1)Nc1nccs1. The summed E-state index contributed by atoms with van der Waals surface area (Å²) in [5.74, 6) is 0.0306. The van der Waals surface area contributed by atoms with Crippen LogP contribution in [0.4, 0.5) is 5.13 Å². The summed E-state index contributed by atoms with van der Waals surface area (Å²) in [7, 11) is 0. The maximum atomic E-state index is 12.1. The van der Waals surface area contributed by atoms with E-state index in [1.807, 2.05) is 0 Å². The van der Waals surface area contributed by atoms with Crippen LogP contribution in [-0.2, 0) is 14.3 Å². The van der Waals surface area contributed by atoms with Crippen molar-refractivity contribution >= 4 is 28.3 Å². The Morgan fingerprint density at radius 3 is 2.79 bits per heavy atom. The topological polar surface area (TPSA) is 101 Å². The number of aliphatic hydroxyl groups excluding tert-OH is 1. The number of nitrogens with one attached hydrogen (secondary N) is 2. The van der Waals surface area contributed by atoms with Crippen LogP contribution in [0.15, 0.2) is 11.6 Å². The molecule has 2 heterocycles. The summed E-state index contributed by atoms with van der Waals surface area (Å²) in [5.41, 5.74) is 0. The number of carbonyl (C=O) groups is 2. The van der Waals surface area contributed by atoms with Crippen molar-refractivity contribution in [2.45, 2.75) is 56.8 Å². The summed E-state index contributed by atoms with van der Waals surface area (Å²) in [5, 5.41) is 17.7. The molecule has 2 aliphatic rings. The summed E-state index contributed by atoms with van der Waals surface area (Å²) in [6, 6.07) is -0.179. The molecule has 1 saturated heterocycles. The Hall–Kier alpha value is -1.51. The predicted molar refractivity (Wildman–Crippen MR) is 89.6 cm³/mol. The molecule has 8 heteroatoms. The van der Waals surface area contributed by atoms with Gasteiger partial charge in [-0.2, -0.15) is 0 Å². The van der Waals surface area contributed by atoms with Crippen LogP contribution in [0.5, 0.6) is 0 Å². The molecule has 2 amide bonds. The highest BCUT2D eigenvalue weighted by Gasteiger charge is 2.35. The fraction of sp³-hybridized carbons (Fsp3) is 0.688. The molecule has 7 nitrogen and oxygen atoms in total. The van der Waals surface area contributed by atoms with Crippen molar-refractivity contribution in [3.63, 3.8) is 0 Å². The maximum absolute atomic E-state index is 12.1. The zero-order chi connectivity index (χ0) is 16.9. The van der Waals surface area contributed by atoms with Crippen molar-refractivity contribution in [2.75, 3.05) is 11.9 Å². The van der Waals surface area contributed by atoms with Gasteiger partial charge in [-0.15, -0.1) is 11.3 Å². The number of anilines is 1. The van der Waals surface area contributed by atoms with E-state index in [0.717, 1.165) is 19.3 Å². The molecule has 0 spiro atoms. The van der Waals surface area contributed by atoms with Crippen molar-refractivity contribution in [1.82, 2.24) is 10.3 Å². The molecule has 0 bridgehead atoms. The second-order valence-electron chi connectivity index (χ2n) is 6.39. The molecule has 24 heavy (non-hydrogen) atoms. The Morgan fingerprint density at radius 2 is 2.17 bits per heavy atom. The molecular weight excluding hydrogens is 330 g/mol. The van der Waals surface area contributed by atoms with E-state index in [1.54, 1.807) is 11.6 Å². The van der Waals surface area contributed by atoms with Gasteiger partial charge in [0.25, 0.3) is 0 Å². The first-order valence-electron chi connectivity index (χ1n) is 8.41. The number of thiazole rings is 1. The third kappa shape index (κ3) is 4.31. The van der Waals surface area contributed by atoms with Crippen LogP contribution in [0, 0.1) is 5.92 Å². The Bertz CT molecular complexity index is 562. The highest BCUT2D eigenvalue weighted by Crippen LogP contribution is 2.28. The van der Waals surface area contributed by atoms with E-state index in [9.17, 15) is 14.7 Å². The van der Waals surface area contributed by atoms with Crippen LogP contribution in [0.25, 0.3) is 0 Å². The minimum atomic E-state index is -0.458. The van der Waals surface area contributed by atoms with E-state index >= 15 is 0 Å². The molecule has 0 radical (unpaired) electrons. The van der Waals surface area contributed by atoms with Crippen LogP contribution >= 0.6 is 11.3 Å². The number of aliphatic hydroxyl groups is 1. The van der Waals surface area contributed by atoms with Crippen LogP contribution in [0.2, 0.25) is 0 Å². The minimum absolute atomic E-state index is 0.0632. The zero-order valence-corrected chi connectivity index (χ0v) is 14.3. The number of rotatable bonds is 6. The van der Waals surface area contributed by atoms with Crippen molar-refractivity contribution in [3.05, 3.63) is 11.6 Å². The molecule has 0 aromatic carbocycles. The summed E-state index contributed by atoms with van der Waals surface area (Å²) >= 11 is 1.36. The smallest absolute Gasteiger partial charge is 0.228 e. The van der Waals surface area contributed by atoms with Gasteiger partial charge in [0.2, 0.25) is 11.8 Å². The van der Waals surface area contributed by atoms with Gasteiger partial charge >= 0.3 is 0 Å². The van der Waals surface area contributed by atoms with Crippen molar-refractivity contribution < 1.29 is 19.4 Å². The van der Waals surface area contributed by atoms with E-state index in [2.05, 4.69) is 15.6 Å². The summed E-state index contributed by atoms with van der Waals surface area (Å²) < 4.78 is 5.83. The van der Waals surface area contributed by atoms with E-state index in [1.165, 1.54) is 11.3 Å². The molecule has 1 aliphatic carbocycles. The first kappa shape index (κ1) is 17.3. The quantitative estimate of drug-likeness (QED) is 0.716. The average Bonchev–Trinajstić information content (AvgIpc) is 2.99. The monoisotopic (exact) mass is 353 g/mol. The molecule has 1 aromatic rings. The standard InChI is InChI=1S/C16H23N3O4S/c20-9-13-12(18-15(22)10-2-1-3-10)5-4-11(23-13)8-14(21)19-16-17-6-7-24-16/h6-7,10-13,20H,1-5,8-9H2,(H,18,22)(H,17,19,21)/t11-,12-,13-/m0/s1. The fourth-order valence-corrected chi connectivity index (χ4v) is 3.63. The van der Waals surface area contributed by atoms with Gasteiger partial charge in [-0.05, 0) is 25.7 Å². The van der Waals surface area contributed by atoms with Gasteiger partial charge in [0.1, 0.15) is 6.10 Å². The Balaban J connectivity index is 1.46. The summed E-state index contributed by atoms with van der Waals surface area (Å²) in [6.45, 7) is -0.166. The number of amides is 2. The van der Waals surface area contributed by atoms with Gasteiger partial charge < -0.3 is 20.5 Å². The van der Waals surface area contributed by atoms with Gasteiger partial charge in [-0.25, -0.2) is 4.98 Å². The van der Waals surface area contributed by atoms with Crippen molar-refractivity contribution in [2.24, 2.45) is 5.92 Å². The predicted octanol–water partition coefficient (Wildman–Crippen LogP) is 1.30. The normalized spacial score (nSPS) is 27.3. The van der Waals surface area contributed by atoms with Gasteiger partial charge in [-0.3, -0.25) is 9.59 Å². The molecule has 1 aromatic heterocycles. The second kappa shape index (κ2) is 8.04. The third-order valence-corrected chi connectivity index (χ3v) is 5.38. The molecule has 0 unspecified atom stereocenters. The van der Waals surface area contributed by atoms with Crippen molar-refractivity contribution in [1.29, 1.82) is 0 Å². The lowest BCUT2D eigenvalue weighted by molar-refractivity contribution is -0.137. The van der Waals surface area contributed by atoms with E-state index in [0.29, 0.717) is 18.0 Å². The number of ether oxygens (including phenoxy) is 1. The molecule has 3 N–H and O–H groups in total. The molecule has 3 rings (SSSR count). The van der Waals surface area contributed by atoms with E-state index < -0.39 is 6.10 Å². The number of hydrogen-bond donors (Lipinski definition) is 3. The maximum Gasteiger partial charge on any atom is 0.228 e. The first-order valence-corrected chi connectivity index (χ1v) is 9.29. The second-order valence-corrected chi connectivity index (χ2v) is 7.28. The van der Waals surface area contributed by atoms with Gasteiger partial charge in [0, 0.05) is 17.5 Å². The zero-order valence-electron chi connectivity index (χ0n) is 13.4. The number of nitrogens with zero attached hydrogens (tertiary/aromatic N) is 1. The number of carbonyl (C=O) groups excluding carboxylic acids is 2. The highest BCUT2D eigenvalue weighted by molar-refractivity contribution is 7.13. The minimum Gasteiger partial charge on any atom is -0.394 e. The molecule has 132 valence electrons.